The molecule has 1 aromatic rings. The number of rotatable bonds is 8. The molecule has 0 saturated heterocycles. The van der Waals surface area contributed by atoms with E-state index in [0.717, 1.165) is 18.4 Å². The molecule has 7 heteroatoms. The molecule has 1 heterocycles. The summed E-state index contributed by atoms with van der Waals surface area (Å²) in [5, 5.41) is 0.603. The number of amides is 1. The molecule has 1 aromatic carbocycles. The van der Waals surface area contributed by atoms with Crippen LogP contribution in [0.4, 0.5) is 0 Å². The minimum absolute atomic E-state index is 0.297. The summed E-state index contributed by atoms with van der Waals surface area (Å²) in [6.07, 6.45) is 3.28. The van der Waals surface area contributed by atoms with Crippen molar-refractivity contribution in [3.8, 4) is 0 Å². The van der Waals surface area contributed by atoms with Crippen molar-refractivity contribution >= 4 is 30.3 Å². The Labute approximate surface area is 159 Å². The van der Waals surface area contributed by atoms with Crippen LogP contribution in [-0.4, -0.2) is 55.3 Å². The predicted molar refractivity (Wildman–Crippen MR) is 102 cm³/mol. The molecule has 0 spiro atoms. The average Bonchev–Trinajstić information content (AvgIpc) is 2.62. The van der Waals surface area contributed by atoms with E-state index in [1.807, 2.05) is 23.1 Å². The first-order valence-electron chi connectivity index (χ1n) is 8.56. The largest absolute Gasteiger partial charge is 0.463 e. The highest BCUT2D eigenvalue weighted by atomic mass is 35.5. The van der Waals surface area contributed by atoms with Crippen LogP contribution in [-0.2, 0) is 14.3 Å². The third kappa shape index (κ3) is 4.85. The van der Waals surface area contributed by atoms with Gasteiger partial charge in [-0.25, -0.2) is 9.79 Å². The van der Waals surface area contributed by atoms with Crippen LogP contribution in [0.1, 0.15) is 31.9 Å². The maximum atomic E-state index is 12.6. The summed E-state index contributed by atoms with van der Waals surface area (Å²) in [7, 11) is 1.74. The van der Waals surface area contributed by atoms with Crippen LogP contribution in [0, 0.1) is 0 Å². The number of carbonyl (C=O) groups excluding carboxylic acids is 2. The van der Waals surface area contributed by atoms with E-state index < -0.39 is 0 Å². The molecule has 1 aliphatic rings. The molecule has 26 heavy (non-hydrogen) atoms. The lowest BCUT2D eigenvalue weighted by Crippen LogP contribution is -2.36. The summed E-state index contributed by atoms with van der Waals surface area (Å²) in [5.41, 5.74) is 2.05. The molecule has 0 fully saturated rings. The Balaban J connectivity index is 2.33. The number of ether oxygens (including phenoxy) is 1. The lowest BCUT2D eigenvalue weighted by atomic mass is 9.94. The van der Waals surface area contributed by atoms with Gasteiger partial charge in [-0.2, -0.15) is 0 Å². The lowest BCUT2D eigenvalue weighted by molar-refractivity contribution is -0.139. The zero-order chi connectivity index (χ0) is 19.1. The third-order valence-corrected chi connectivity index (χ3v) is 4.40. The number of hydrogen-bond acceptors (Lipinski definition) is 5. The van der Waals surface area contributed by atoms with E-state index in [1.54, 1.807) is 38.2 Å². The summed E-state index contributed by atoms with van der Waals surface area (Å²) in [5.74, 6) is -0.373. The first-order valence-corrected chi connectivity index (χ1v) is 8.94. The molecule has 2 rings (SSSR count). The Morgan fingerprint density at radius 2 is 2.23 bits per heavy atom. The monoisotopic (exact) mass is 377 g/mol. The minimum Gasteiger partial charge on any atom is -0.463 e. The first-order chi connectivity index (χ1) is 12.5. The Kier molecular flexibility index (Phi) is 7.21. The number of halogens is 1. The Morgan fingerprint density at radius 3 is 2.88 bits per heavy atom. The number of esters is 1. The summed E-state index contributed by atoms with van der Waals surface area (Å²) in [4.78, 5) is 31.3. The van der Waals surface area contributed by atoms with Gasteiger partial charge in [-0.1, -0.05) is 23.7 Å². The van der Waals surface area contributed by atoms with Gasteiger partial charge in [0.25, 0.3) is 0 Å². The zero-order valence-electron chi connectivity index (χ0n) is 15.3. The van der Waals surface area contributed by atoms with Crippen molar-refractivity contribution in [2.45, 2.75) is 26.3 Å². The van der Waals surface area contributed by atoms with Crippen LogP contribution in [0.15, 0.2) is 40.5 Å². The molecule has 1 aliphatic heterocycles. The van der Waals surface area contributed by atoms with Crippen LogP contribution in [0.25, 0.3) is 0 Å². The third-order valence-electron chi connectivity index (χ3n) is 4.16. The first kappa shape index (κ1) is 20.0. The molecule has 140 valence electrons. The van der Waals surface area contributed by atoms with E-state index in [0.29, 0.717) is 36.0 Å². The van der Waals surface area contributed by atoms with Crippen LogP contribution in [0.5, 0.6) is 0 Å². The molecular weight excluding hydrogens is 354 g/mol. The smallest absolute Gasteiger partial charge is 0.338 e. The minimum atomic E-state index is -0.373. The zero-order valence-corrected chi connectivity index (χ0v) is 16.1. The van der Waals surface area contributed by atoms with Gasteiger partial charge >= 0.3 is 5.97 Å². The van der Waals surface area contributed by atoms with Crippen LogP contribution >= 0.6 is 11.6 Å². The number of benzene rings is 1. The molecule has 1 amide bonds. The maximum absolute atomic E-state index is 12.6. The van der Waals surface area contributed by atoms with E-state index in [4.69, 9.17) is 16.3 Å². The van der Waals surface area contributed by atoms with Crippen LogP contribution < -0.4 is 0 Å². The number of allylic oxidation sites excluding steroid dienone is 1. The van der Waals surface area contributed by atoms with Gasteiger partial charge in [-0.3, -0.25) is 4.79 Å². The van der Waals surface area contributed by atoms with Crippen molar-refractivity contribution in [3.63, 3.8) is 0 Å². The number of carbonyl (C=O) groups is 2. The fourth-order valence-corrected chi connectivity index (χ4v) is 3.10. The van der Waals surface area contributed by atoms with Gasteiger partial charge in [-0.05, 0) is 38.0 Å². The van der Waals surface area contributed by atoms with E-state index >= 15 is 0 Å². The Hall–Kier alpha value is -2.34. The van der Waals surface area contributed by atoms with Gasteiger partial charge in [0, 0.05) is 25.2 Å². The van der Waals surface area contributed by atoms with Crippen molar-refractivity contribution in [1.82, 2.24) is 9.80 Å². The molecular formula is C19H24ClN3O3. The number of hydrogen-bond donors (Lipinski definition) is 0. The van der Waals surface area contributed by atoms with E-state index in [9.17, 15) is 9.59 Å². The average molecular weight is 378 g/mol. The number of nitrogens with zero attached hydrogens (tertiary/aromatic N) is 3. The SMILES string of the molecule is CCOC(=O)C1=C(C)N=CN(CCCN(C)C=O)C1c1cccc(Cl)c1. The molecule has 0 aliphatic carbocycles. The molecule has 0 bridgehead atoms. The van der Waals surface area contributed by atoms with Crippen molar-refractivity contribution < 1.29 is 14.3 Å². The second-order valence-electron chi connectivity index (χ2n) is 6.10. The van der Waals surface area contributed by atoms with Crippen LogP contribution in [0.3, 0.4) is 0 Å². The molecule has 6 nitrogen and oxygen atoms in total. The normalized spacial score (nSPS) is 16.6. The number of aliphatic imine (C=N–C) groups is 1. The maximum Gasteiger partial charge on any atom is 0.338 e. The summed E-state index contributed by atoms with van der Waals surface area (Å²) >= 11 is 6.17. The molecule has 1 unspecified atom stereocenters. The fraction of sp³-hybridized carbons (Fsp3) is 0.421. The summed E-state index contributed by atoms with van der Waals surface area (Å²) in [6, 6.07) is 7.12. The Bertz CT molecular complexity index is 718. The topological polar surface area (TPSA) is 62.2 Å². The Morgan fingerprint density at radius 1 is 1.46 bits per heavy atom. The molecule has 0 radical (unpaired) electrons. The van der Waals surface area contributed by atoms with Crippen LogP contribution in [0.2, 0.25) is 5.02 Å². The van der Waals surface area contributed by atoms with Gasteiger partial charge in [0.05, 0.1) is 30.3 Å². The lowest BCUT2D eigenvalue weighted by Gasteiger charge is -2.35. The highest BCUT2D eigenvalue weighted by Gasteiger charge is 2.32. The molecule has 1 atom stereocenters. The fourth-order valence-electron chi connectivity index (χ4n) is 2.91. The summed E-state index contributed by atoms with van der Waals surface area (Å²) < 4.78 is 5.26. The van der Waals surface area contributed by atoms with Gasteiger partial charge in [0.1, 0.15) is 0 Å². The van der Waals surface area contributed by atoms with E-state index in [-0.39, 0.29) is 12.0 Å². The van der Waals surface area contributed by atoms with Gasteiger partial charge in [0.15, 0.2) is 0 Å². The van der Waals surface area contributed by atoms with Gasteiger partial charge < -0.3 is 14.5 Å². The molecule has 0 aromatic heterocycles. The van der Waals surface area contributed by atoms with Crippen molar-refractivity contribution in [2.75, 3.05) is 26.7 Å². The van der Waals surface area contributed by atoms with E-state index in [1.165, 1.54) is 0 Å². The van der Waals surface area contributed by atoms with Crippen molar-refractivity contribution in [2.24, 2.45) is 4.99 Å². The summed E-state index contributed by atoms with van der Waals surface area (Å²) in [6.45, 7) is 5.13. The highest BCUT2D eigenvalue weighted by Crippen LogP contribution is 2.35. The van der Waals surface area contributed by atoms with Gasteiger partial charge in [-0.15, -0.1) is 0 Å². The predicted octanol–water partition coefficient (Wildman–Crippen LogP) is 3.04. The van der Waals surface area contributed by atoms with E-state index in [2.05, 4.69) is 4.99 Å². The quantitative estimate of drug-likeness (QED) is 0.516. The molecule has 0 saturated carbocycles. The highest BCUT2D eigenvalue weighted by molar-refractivity contribution is 6.30. The van der Waals surface area contributed by atoms with Gasteiger partial charge in [0.2, 0.25) is 6.41 Å². The van der Waals surface area contributed by atoms with Crippen molar-refractivity contribution in [3.05, 3.63) is 46.1 Å². The second kappa shape index (κ2) is 9.38. The standard InChI is InChI=1S/C19H24ClN3O3/c1-4-26-19(25)17-14(2)21-12-23(10-6-9-22(3)13-24)18(17)15-7-5-8-16(20)11-15/h5,7-8,11-13,18H,4,6,9-10H2,1-3H3. The second-order valence-corrected chi connectivity index (χ2v) is 6.54. The van der Waals surface area contributed by atoms with Crippen molar-refractivity contribution in [1.29, 1.82) is 0 Å². The molecule has 0 N–H and O–H groups in total.